The van der Waals surface area contributed by atoms with Gasteiger partial charge in [0.25, 0.3) is 0 Å². The number of unbranched alkanes of at least 4 members (excludes halogenated alkanes) is 13. The van der Waals surface area contributed by atoms with E-state index in [4.69, 9.17) is 0 Å². The smallest absolute Gasteiger partial charge is 0.306 e. The van der Waals surface area contributed by atoms with Crippen LogP contribution in [0, 0.1) is 11.8 Å². The minimum atomic E-state index is -0.579. The number of carboxylic acids is 1. The number of aliphatic carboxylic acids is 1. The molecule has 0 bridgehead atoms. The zero-order valence-electron chi connectivity index (χ0n) is 20.1. The SMILES string of the molecule is CCCCCCCCC=CCCCCCCC(CCCCCCC(C)C)C(=O)O. The summed E-state index contributed by atoms with van der Waals surface area (Å²) in [6.07, 6.45) is 28.0. The largest absolute Gasteiger partial charge is 0.481 e. The van der Waals surface area contributed by atoms with Crippen LogP contribution in [0.4, 0.5) is 0 Å². The predicted octanol–water partition coefficient (Wildman–Crippen LogP) is 9.33. The summed E-state index contributed by atoms with van der Waals surface area (Å²) in [4.78, 5) is 11.5. The van der Waals surface area contributed by atoms with Crippen molar-refractivity contribution < 1.29 is 9.90 Å². The van der Waals surface area contributed by atoms with Crippen molar-refractivity contribution in [2.45, 2.75) is 143 Å². The highest BCUT2D eigenvalue weighted by Gasteiger charge is 2.16. The fourth-order valence-corrected chi connectivity index (χ4v) is 3.97. The van der Waals surface area contributed by atoms with Crippen LogP contribution < -0.4 is 0 Å². The van der Waals surface area contributed by atoms with E-state index in [2.05, 4.69) is 32.9 Å². The van der Waals surface area contributed by atoms with E-state index in [9.17, 15) is 9.90 Å². The molecule has 0 rings (SSSR count). The van der Waals surface area contributed by atoms with Crippen molar-refractivity contribution in [2.75, 3.05) is 0 Å². The predicted molar refractivity (Wildman–Crippen MR) is 129 cm³/mol. The van der Waals surface area contributed by atoms with Gasteiger partial charge in [0.05, 0.1) is 5.92 Å². The summed E-state index contributed by atoms with van der Waals surface area (Å²) in [7, 11) is 0. The van der Waals surface area contributed by atoms with Gasteiger partial charge in [0, 0.05) is 0 Å². The molecule has 2 heteroatoms. The molecule has 0 saturated heterocycles. The summed E-state index contributed by atoms with van der Waals surface area (Å²) in [5.41, 5.74) is 0. The van der Waals surface area contributed by atoms with Crippen LogP contribution in [-0.4, -0.2) is 11.1 Å². The molecule has 0 spiro atoms. The molecule has 0 amide bonds. The lowest BCUT2D eigenvalue weighted by Gasteiger charge is -2.12. The van der Waals surface area contributed by atoms with Crippen molar-refractivity contribution in [2.24, 2.45) is 11.8 Å². The molecule has 0 aromatic carbocycles. The van der Waals surface area contributed by atoms with E-state index in [1.807, 2.05) is 0 Å². The van der Waals surface area contributed by atoms with Crippen molar-refractivity contribution >= 4 is 5.97 Å². The van der Waals surface area contributed by atoms with Crippen molar-refractivity contribution in [3.05, 3.63) is 12.2 Å². The van der Waals surface area contributed by atoms with Crippen molar-refractivity contribution in [3.63, 3.8) is 0 Å². The summed E-state index contributed by atoms with van der Waals surface area (Å²) in [5, 5.41) is 9.44. The molecule has 0 aromatic heterocycles. The van der Waals surface area contributed by atoms with Gasteiger partial charge in [-0.05, 0) is 44.4 Å². The number of rotatable bonds is 22. The van der Waals surface area contributed by atoms with E-state index >= 15 is 0 Å². The first kappa shape index (κ1) is 28.2. The first-order chi connectivity index (χ1) is 14.1. The van der Waals surface area contributed by atoms with Crippen molar-refractivity contribution in [1.82, 2.24) is 0 Å². The number of carbonyl (C=O) groups is 1. The molecule has 0 heterocycles. The lowest BCUT2D eigenvalue weighted by Crippen LogP contribution is -2.13. The second-order valence-electron chi connectivity index (χ2n) is 9.44. The van der Waals surface area contributed by atoms with Gasteiger partial charge in [0.15, 0.2) is 0 Å². The molecule has 0 aliphatic rings. The van der Waals surface area contributed by atoms with Gasteiger partial charge in [-0.15, -0.1) is 0 Å². The topological polar surface area (TPSA) is 37.3 Å². The second kappa shape index (κ2) is 21.9. The van der Waals surface area contributed by atoms with Crippen LogP contribution in [-0.2, 0) is 4.79 Å². The summed E-state index contributed by atoms with van der Waals surface area (Å²) in [6.45, 7) is 6.81. The van der Waals surface area contributed by atoms with Crippen LogP contribution >= 0.6 is 0 Å². The maximum Gasteiger partial charge on any atom is 0.306 e. The van der Waals surface area contributed by atoms with E-state index in [1.165, 1.54) is 96.3 Å². The van der Waals surface area contributed by atoms with Crippen molar-refractivity contribution in [1.29, 1.82) is 0 Å². The third-order valence-corrected chi connectivity index (χ3v) is 6.00. The number of hydrogen-bond acceptors (Lipinski definition) is 1. The normalized spacial score (nSPS) is 12.8. The third-order valence-electron chi connectivity index (χ3n) is 6.00. The zero-order chi connectivity index (χ0) is 21.6. The van der Waals surface area contributed by atoms with Crippen LogP contribution in [0.5, 0.6) is 0 Å². The Morgan fingerprint density at radius 2 is 1.07 bits per heavy atom. The van der Waals surface area contributed by atoms with Gasteiger partial charge in [-0.25, -0.2) is 0 Å². The number of allylic oxidation sites excluding steroid dienone is 2. The Balaban J connectivity index is 3.50. The summed E-state index contributed by atoms with van der Waals surface area (Å²) < 4.78 is 0. The van der Waals surface area contributed by atoms with Gasteiger partial charge >= 0.3 is 5.97 Å². The first-order valence-electron chi connectivity index (χ1n) is 13.0. The molecule has 0 fully saturated rings. The molecule has 0 radical (unpaired) electrons. The van der Waals surface area contributed by atoms with Gasteiger partial charge in [-0.1, -0.05) is 116 Å². The molecular formula is C27H52O2. The third kappa shape index (κ3) is 21.7. The monoisotopic (exact) mass is 408 g/mol. The van der Waals surface area contributed by atoms with Crippen LogP contribution in [0.3, 0.4) is 0 Å². The van der Waals surface area contributed by atoms with Crippen LogP contribution in [0.1, 0.15) is 143 Å². The van der Waals surface area contributed by atoms with Gasteiger partial charge < -0.3 is 5.11 Å². The van der Waals surface area contributed by atoms with Crippen LogP contribution in [0.15, 0.2) is 12.2 Å². The average molecular weight is 409 g/mol. The molecule has 1 N–H and O–H groups in total. The molecule has 1 unspecified atom stereocenters. The Morgan fingerprint density at radius 1 is 0.655 bits per heavy atom. The highest BCUT2D eigenvalue weighted by atomic mass is 16.4. The molecule has 0 aliphatic carbocycles. The van der Waals surface area contributed by atoms with Gasteiger partial charge in [-0.3, -0.25) is 4.79 Å². The number of hydrogen-bond donors (Lipinski definition) is 1. The standard InChI is InChI=1S/C27H52O2/c1-4-5-6-7-8-9-10-11-12-13-14-15-16-20-23-26(27(28)29)24-21-18-17-19-22-25(2)3/h11-12,25-26H,4-10,13-24H2,1-3H3,(H,28,29). The maximum absolute atomic E-state index is 11.5. The van der Waals surface area contributed by atoms with Gasteiger partial charge in [0.2, 0.25) is 0 Å². The van der Waals surface area contributed by atoms with E-state index in [0.29, 0.717) is 0 Å². The fraction of sp³-hybridized carbons (Fsp3) is 0.889. The quantitative estimate of drug-likeness (QED) is 0.143. The Kier molecular flexibility index (Phi) is 21.3. The highest BCUT2D eigenvalue weighted by molar-refractivity contribution is 5.69. The van der Waals surface area contributed by atoms with Gasteiger partial charge in [-0.2, -0.15) is 0 Å². The molecule has 0 saturated carbocycles. The van der Waals surface area contributed by atoms with E-state index < -0.39 is 5.97 Å². The van der Waals surface area contributed by atoms with Crippen molar-refractivity contribution in [3.8, 4) is 0 Å². The Labute approximate surface area is 182 Å². The molecule has 172 valence electrons. The molecule has 29 heavy (non-hydrogen) atoms. The highest BCUT2D eigenvalue weighted by Crippen LogP contribution is 2.20. The molecular weight excluding hydrogens is 356 g/mol. The summed E-state index contributed by atoms with van der Waals surface area (Å²) in [5.74, 6) is 0.0970. The lowest BCUT2D eigenvalue weighted by atomic mass is 9.94. The summed E-state index contributed by atoms with van der Waals surface area (Å²) >= 11 is 0. The Bertz CT molecular complexity index is 373. The zero-order valence-corrected chi connectivity index (χ0v) is 20.1. The van der Waals surface area contributed by atoms with Crippen LogP contribution in [0.25, 0.3) is 0 Å². The summed E-state index contributed by atoms with van der Waals surface area (Å²) in [6, 6.07) is 0. The maximum atomic E-state index is 11.5. The Hall–Kier alpha value is -0.790. The van der Waals surface area contributed by atoms with E-state index in [0.717, 1.165) is 31.6 Å². The van der Waals surface area contributed by atoms with Crippen LogP contribution in [0.2, 0.25) is 0 Å². The molecule has 0 aliphatic heterocycles. The minimum Gasteiger partial charge on any atom is -0.481 e. The second-order valence-corrected chi connectivity index (χ2v) is 9.44. The average Bonchev–Trinajstić information content (AvgIpc) is 2.68. The number of carboxylic acid groups (broad SMARTS) is 1. The molecule has 0 aromatic rings. The van der Waals surface area contributed by atoms with E-state index in [1.54, 1.807) is 0 Å². The van der Waals surface area contributed by atoms with Gasteiger partial charge in [0.1, 0.15) is 0 Å². The first-order valence-corrected chi connectivity index (χ1v) is 13.0. The minimum absolute atomic E-state index is 0.114. The van der Waals surface area contributed by atoms with E-state index in [-0.39, 0.29) is 5.92 Å². The fourth-order valence-electron chi connectivity index (χ4n) is 3.97. The lowest BCUT2D eigenvalue weighted by molar-refractivity contribution is -0.142. The molecule has 1 atom stereocenters. The molecule has 2 nitrogen and oxygen atoms in total. The Morgan fingerprint density at radius 3 is 1.52 bits per heavy atom.